The summed E-state index contributed by atoms with van der Waals surface area (Å²) in [6.45, 7) is 6.29. The Kier molecular flexibility index (Phi) is 4.87. The first-order chi connectivity index (χ1) is 12.1. The average Bonchev–Trinajstić information content (AvgIpc) is 3.23. The fraction of sp³-hybridized carbons (Fsp3) is 0.750. The molecule has 3 heterocycles. The molecule has 1 aliphatic carbocycles. The van der Waals surface area contributed by atoms with Crippen molar-refractivity contribution in [2.45, 2.75) is 63.6 Å². The molecule has 138 valence electrons. The Bertz CT molecular complexity index is 598. The van der Waals surface area contributed by atoms with Crippen molar-refractivity contribution < 1.29 is 13.9 Å². The molecule has 1 unspecified atom stereocenters. The summed E-state index contributed by atoms with van der Waals surface area (Å²) in [5.74, 6) is 1.27. The third kappa shape index (κ3) is 3.77. The number of ether oxygens (including phenoxy) is 1. The fourth-order valence-corrected chi connectivity index (χ4v) is 4.71. The number of furan rings is 1. The smallest absolute Gasteiger partial charge is 0.289 e. The Morgan fingerprint density at radius 3 is 2.56 bits per heavy atom. The molecule has 3 fully saturated rings. The van der Waals surface area contributed by atoms with Crippen molar-refractivity contribution >= 4 is 5.91 Å². The number of rotatable bonds is 3. The summed E-state index contributed by atoms with van der Waals surface area (Å²) in [7, 11) is 0. The van der Waals surface area contributed by atoms with Gasteiger partial charge in [0, 0.05) is 32.7 Å². The first-order valence-corrected chi connectivity index (χ1v) is 9.89. The highest BCUT2D eigenvalue weighted by atomic mass is 16.5. The van der Waals surface area contributed by atoms with E-state index in [-0.39, 0.29) is 11.5 Å². The molecule has 1 aromatic heterocycles. The first kappa shape index (κ1) is 17.1. The van der Waals surface area contributed by atoms with Gasteiger partial charge in [0.25, 0.3) is 5.91 Å². The van der Waals surface area contributed by atoms with Crippen molar-refractivity contribution in [3.8, 4) is 0 Å². The zero-order valence-corrected chi connectivity index (χ0v) is 15.3. The summed E-state index contributed by atoms with van der Waals surface area (Å²) < 4.78 is 12.0. The van der Waals surface area contributed by atoms with Crippen LogP contribution in [0.4, 0.5) is 0 Å². The van der Waals surface area contributed by atoms with Gasteiger partial charge in [0.15, 0.2) is 5.76 Å². The number of hydrogen-bond donors (Lipinski definition) is 0. The molecule has 1 amide bonds. The number of carbonyl (C=O) groups is 1. The molecule has 0 N–H and O–H groups in total. The lowest BCUT2D eigenvalue weighted by Crippen LogP contribution is -2.50. The molecule has 0 bridgehead atoms. The Labute approximate surface area is 150 Å². The molecule has 1 spiro atoms. The highest BCUT2D eigenvalue weighted by molar-refractivity contribution is 5.91. The molecule has 1 atom stereocenters. The Morgan fingerprint density at radius 2 is 1.88 bits per heavy atom. The minimum Gasteiger partial charge on any atom is -0.456 e. The van der Waals surface area contributed by atoms with Gasteiger partial charge in [0.1, 0.15) is 5.76 Å². The lowest BCUT2D eigenvalue weighted by Gasteiger charge is -2.37. The maximum atomic E-state index is 12.5. The number of carbonyl (C=O) groups excluding carboxylic acids is 1. The molecule has 4 rings (SSSR count). The van der Waals surface area contributed by atoms with E-state index < -0.39 is 0 Å². The quantitative estimate of drug-likeness (QED) is 0.843. The van der Waals surface area contributed by atoms with E-state index in [1.807, 2.05) is 17.9 Å². The van der Waals surface area contributed by atoms with Crippen LogP contribution in [0.15, 0.2) is 16.5 Å². The van der Waals surface area contributed by atoms with Gasteiger partial charge in [-0.05, 0) is 44.7 Å². The topological polar surface area (TPSA) is 45.9 Å². The summed E-state index contributed by atoms with van der Waals surface area (Å²) in [6, 6.07) is 3.63. The second-order valence-electron chi connectivity index (χ2n) is 8.03. The van der Waals surface area contributed by atoms with E-state index in [1.54, 1.807) is 6.07 Å². The van der Waals surface area contributed by atoms with Crippen molar-refractivity contribution in [2.24, 2.45) is 0 Å². The van der Waals surface area contributed by atoms with Gasteiger partial charge in [-0.1, -0.05) is 19.3 Å². The molecule has 25 heavy (non-hydrogen) atoms. The molecular formula is C20H30N2O3. The van der Waals surface area contributed by atoms with E-state index in [4.69, 9.17) is 9.15 Å². The monoisotopic (exact) mass is 346 g/mol. The summed E-state index contributed by atoms with van der Waals surface area (Å²) in [5, 5.41) is 0. The lowest BCUT2D eigenvalue weighted by molar-refractivity contribution is -0.0737. The van der Waals surface area contributed by atoms with Gasteiger partial charge in [0.2, 0.25) is 0 Å². The summed E-state index contributed by atoms with van der Waals surface area (Å²) in [6.07, 6.45) is 9.38. The minimum atomic E-state index is 0.0195. The van der Waals surface area contributed by atoms with Gasteiger partial charge in [-0.2, -0.15) is 0 Å². The van der Waals surface area contributed by atoms with Crippen molar-refractivity contribution in [2.75, 3.05) is 32.7 Å². The van der Waals surface area contributed by atoms with E-state index >= 15 is 0 Å². The van der Waals surface area contributed by atoms with E-state index in [9.17, 15) is 4.79 Å². The van der Waals surface area contributed by atoms with Crippen molar-refractivity contribution in [3.63, 3.8) is 0 Å². The van der Waals surface area contributed by atoms with Gasteiger partial charge >= 0.3 is 0 Å². The third-order valence-corrected chi connectivity index (χ3v) is 6.18. The van der Waals surface area contributed by atoms with Crippen LogP contribution in [0.3, 0.4) is 0 Å². The minimum absolute atomic E-state index is 0.0195. The van der Waals surface area contributed by atoms with E-state index in [1.165, 1.54) is 44.9 Å². The fourth-order valence-electron chi connectivity index (χ4n) is 4.71. The molecule has 5 nitrogen and oxygen atoms in total. The van der Waals surface area contributed by atoms with Crippen LogP contribution in [0.25, 0.3) is 0 Å². The molecule has 1 aromatic rings. The number of amides is 1. The maximum absolute atomic E-state index is 12.5. The van der Waals surface area contributed by atoms with Crippen molar-refractivity contribution in [1.82, 2.24) is 9.80 Å². The van der Waals surface area contributed by atoms with Crippen LogP contribution < -0.4 is 0 Å². The Balaban J connectivity index is 1.25. The molecule has 1 saturated carbocycles. The second-order valence-corrected chi connectivity index (χ2v) is 8.03. The predicted molar refractivity (Wildman–Crippen MR) is 95.7 cm³/mol. The largest absolute Gasteiger partial charge is 0.456 e. The SMILES string of the molecule is Cc1ccc(C(=O)N2CCN(CC3CCC4(CCCCC4)O3)CC2)o1. The van der Waals surface area contributed by atoms with E-state index in [2.05, 4.69) is 4.90 Å². The normalized spacial score (nSPS) is 27.1. The molecule has 0 radical (unpaired) electrons. The molecule has 5 heteroatoms. The Hall–Kier alpha value is -1.33. The average molecular weight is 346 g/mol. The highest BCUT2D eigenvalue weighted by Gasteiger charge is 2.41. The van der Waals surface area contributed by atoms with Gasteiger partial charge < -0.3 is 14.1 Å². The molecule has 2 aliphatic heterocycles. The van der Waals surface area contributed by atoms with Crippen LogP contribution >= 0.6 is 0 Å². The van der Waals surface area contributed by atoms with Crippen LogP contribution in [0, 0.1) is 6.92 Å². The highest BCUT2D eigenvalue weighted by Crippen LogP contribution is 2.42. The van der Waals surface area contributed by atoms with Gasteiger partial charge in [-0.3, -0.25) is 9.69 Å². The zero-order valence-electron chi connectivity index (χ0n) is 15.3. The van der Waals surface area contributed by atoms with Gasteiger partial charge in [0.05, 0.1) is 11.7 Å². The molecule has 2 saturated heterocycles. The predicted octanol–water partition coefficient (Wildman–Crippen LogP) is 3.23. The first-order valence-electron chi connectivity index (χ1n) is 9.89. The van der Waals surface area contributed by atoms with E-state index in [0.29, 0.717) is 11.9 Å². The van der Waals surface area contributed by atoms with Crippen molar-refractivity contribution in [3.05, 3.63) is 23.7 Å². The standard InChI is InChI=1S/C20H30N2O3/c1-16-5-6-18(24-16)19(23)22-13-11-21(12-14-22)15-17-7-10-20(25-17)8-3-2-4-9-20/h5-6,17H,2-4,7-15H2,1H3. The summed E-state index contributed by atoms with van der Waals surface area (Å²) in [5.41, 5.74) is 0.206. The Morgan fingerprint density at radius 1 is 1.12 bits per heavy atom. The second kappa shape index (κ2) is 7.12. The van der Waals surface area contributed by atoms with Crippen LogP contribution in [0.2, 0.25) is 0 Å². The van der Waals surface area contributed by atoms with Crippen LogP contribution in [-0.4, -0.2) is 60.1 Å². The number of nitrogens with zero attached hydrogens (tertiary/aromatic N) is 2. The van der Waals surface area contributed by atoms with Crippen LogP contribution in [0.1, 0.15) is 61.3 Å². The molecule has 0 aromatic carbocycles. The van der Waals surface area contributed by atoms with Gasteiger partial charge in [-0.25, -0.2) is 0 Å². The third-order valence-electron chi connectivity index (χ3n) is 6.18. The van der Waals surface area contributed by atoms with Crippen molar-refractivity contribution in [1.29, 1.82) is 0 Å². The number of aryl methyl sites for hydroxylation is 1. The van der Waals surface area contributed by atoms with E-state index in [0.717, 1.165) is 38.5 Å². The van der Waals surface area contributed by atoms with Crippen LogP contribution in [-0.2, 0) is 4.74 Å². The molecule has 3 aliphatic rings. The lowest BCUT2D eigenvalue weighted by atomic mass is 9.83. The maximum Gasteiger partial charge on any atom is 0.289 e. The van der Waals surface area contributed by atoms with Crippen LogP contribution in [0.5, 0.6) is 0 Å². The number of hydrogen-bond acceptors (Lipinski definition) is 4. The molecular weight excluding hydrogens is 316 g/mol. The van der Waals surface area contributed by atoms with Gasteiger partial charge in [-0.15, -0.1) is 0 Å². The number of piperazine rings is 1. The summed E-state index contributed by atoms with van der Waals surface area (Å²) >= 11 is 0. The zero-order chi connectivity index (χ0) is 17.3. The summed E-state index contributed by atoms with van der Waals surface area (Å²) in [4.78, 5) is 16.8.